The molecule has 1 aliphatic rings. The summed E-state index contributed by atoms with van der Waals surface area (Å²) in [5.74, 6) is -0.106. The predicted octanol–water partition coefficient (Wildman–Crippen LogP) is 1.75. The van der Waals surface area contributed by atoms with Crippen LogP contribution >= 0.6 is 0 Å². The number of aryl methyl sites for hydroxylation is 1. The SMILES string of the molecule is Cc1ccc(NC(=O)CN(C)C2CCCCC2O)c(N)c1. The van der Waals surface area contributed by atoms with Crippen LogP contribution in [0.25, 0.3) is 0 Å². The molecule has 5 nitrogen and oxygen atoms in total. The van der Waals surface area contributed by atoms with Gasteiger partial charge in [-0.1, -0.05) is 18.9 Å². The van der Waals surface area contributed by atoms with Crippen molar-refractivity contribution in [3.05, 3.63) is 23.8 Å². The fourth-order valence-corrected chi connectivity index (χ4v) is 2.94. The second kappa shape index (κ2) is 6.91. The number of benzene rings is 1. The Kier molecular flexibility index (Phi) is 5.20. The van der Waals surface area contributed by atoms with E-state index in [1.807, 2.05) is 37.1 Å². The normalized spacial score (nSPS) is 22.3. The maximum absolute atomic E-state index is 12.1. The van der Waals surface area contributed by atoms with Gasteiger partial charge in [0.2, 0.25) is 5.91 Å². The lowest BCUT2D eigenvalue weighted by Gasteiger charge is -2.34. The van der Waals surface area contributed by atoms with E-state index in [9.17, 15) is 9.90 Å². The molecule has 4 N–H and O–H groups in total. The fraction of sp³-hybridized carbons (Fsp3) is 0.562. The Labute approximate surface area is 126 Å². The number of aliphatic hydroxyl groups is 1. The molecule has 0 saturated heterocycles. The molecule has 1 saturated carbocycles. The summed E-state index contributed by atoms with van der Waals surface area (Å²) in [5.41, 5.74) is 8.17. The number of rotatable bonds is 4. The molecule has 0 heterocycles. The van der Waals surface area contributed by atoms with E-state index in [1.165, 1.54) is 0 Å². The first-order valence-corrected chi connectivity index (χ1v) is 7.51. The summed E-state index contributed by atoms with van der Waals surface area (Å²) in [7, 11) is 1.89. The Morgan fingerprint density at radius 1 is 1.43 bits per heavy atom. The topological polar surface area (TPSA) is 78.6 Å². The van der Waals surface area contributed by atoms with Crippen molar-refractivity contribution < 1.29 is 9.90 Å². The molecule has 0 radical (unpaired) electrons. The van der Waals surface area contributed by atoms with Crippen molar-refractivity contribution >= 4 is 17.3 Å². The molecule has 116 valence electrons. The Bertz CT molecular complexity index is 504. The van der Waals surface area contributed by atoms with E-state index in [-0.39, 0.29) is 24.6 Å². The zero-order valence-electron chi connectivity index (χ0n) is 12.8. The second-order valence-electron chi connectivity index (χ2n) is 5.97. The van der Waals surface area contributed by atoms with E-state index in [0.29, 0.717) is 11.4 Å². The van der Waals surface area contributed by atoms with E-state index in [0.717, 1.165) is 31.2 Å². The van der Waals surface area contributed by atoms with E-state index < -0.39 is 0 Å². The van der Waals surface area contributed by atoms with Crippen LogP contribution in [0.3, 0.4) is 0 Å². The molecule has 1 aromatic rings. The highest BCUT2D eigenvalue weighted by molar-refractivity contribution is 5.95. The molecular weight excluding hydrogens is 266 g/mol. The maximum Gasteiger partial charge on any atom is 0.238 e. The zero-order chi connectivity index (χ0) is 15.4. The summed E-state index contributed by atoms with van der Waals surface area (Å²) >= 11 is 0. The summed E-state index contributed by atoms with van der Waals surface area (Å²) in [6.45, 7) is 2.22. The number of amides is 1. The van der Waals surface area contributed by atoms with Gasteiger partial charge in [0.05, 0.1) is 24.0 Å². The molecule has 21 heavy (non-hydrogen) atoms. The first-order chi connectivity index (χ1) is 9.97. The molecule has 2 rings (SSSR count). The van der Waals surface area contributed by atoms with Crippen LogP contribution in [0.5, 0.6) is 0 Å². The van der Waals surface area contributed by atoms with Gasteiger partial charge in [0, 0.05) is 6.04 Å². The monoisotopic (exact) mass is 291 g/mol. The maximum atomic E-state index is 12.1. The molecule has 0 spiro atoms. The summed E-state index contributed by atoms with van der Waals surface area (Å²) in [5, 5.41) is 12.9. The molecule has 1 fully saturated rings. The van der Waals surface area contributed by atoms with E-state index in [1.54, 1.807) is 0 Å². The molecule has 1 amide bonds. The van der Waals surface area contributed by atoms with Crippen LogP contribution in [0, 0.1) is 6.92 Å². The highest BCUT2D eigenvalue weighted by Crippen LogP contribution is 2.23. The molecule has 0 bridgehead atoms. The standard InChI is InChI=1S/C16H25N3O2/c1-11-7-8-13(12(17)9-11)18-16(21)10-19(2)14-5-3-4-6-15(14)20/h7-9,14-15,20H,3-6,10,17H2,1-2H3,(H,18,21). The number of nitrogens with zero attached hydrogens (tertiary/aromatic N) is 1. The quantitative estimate of drug-likeness (QED) is 0.739. The smallest absolute Gasteiger partial charge is 0.238 e. The highest BCUT2D eigenvalue weighted by Gasteiger charge is 2.27. The molecule has 2 atom stereocenters. The third kappa shape index (κ3) is 4.19. The number of nitrogens with two attached hydrogens (primary N) is 1. The Morgan fingerprint density at radius 2 is 2.14 bits per heavy atom. The van der Waals surface area contributed by atoms with Crippen molar-refractivity contribution in [2.45, 2.75) is 44.8 Å². The second-order valence-corrected chi connectivity index (χ2v) is 5.97. The number of nitrogens with one attached hydrogen (secondary N) is 1. The van der Waals surface area contributed by atoms with Gasteiger partial charge in [-0.05, 0) is 44.5 Å². The van der Waals surface area contributed by atoms with E-state index >= 15 is 0 Å². The number of anilines is 2. The average molecular weight is 291 g/mol. The van der Waals surface area contributed by atoms with Crippen molar-refractivity contribution in [1.29, 1.82) is 0 Å². The minimum absolute atomic E-state index is 0.0693. The number of likely N-dealkylation sites (N-methyl/N-ethyl adjacent to an activating group) is 1. The number of hydrogen-bond acceptors (Lipinski definition) is 4. The lowest BCUT2D eigenvalue weighted by atomic mass is 9.91. The van der Waals surface area contributed by atoms with Crippen molar-refractivity contribution in [2.24, 2.45) is 0 Å². The molecular formula is C16H25N3O2. The molecule has 5 heteroatoms. The number of hydrogen-bond donors (Lipinski definition) is 3. The first kappa shape index (κ1) is 15.8. The Hall–Kier alpha value is -1.59. The Morgan fingerprint density at radius 3 is 2.81 bits per heavy atom. The van der Waals surface area contributed by atoms with Crippen LogP contribution in [0.4, 0.5) is 11.4 Å². The zero-order valence-corrected chi connectivity index (χ0v) is 12.8. The van der Waals surface area contributed by atoms with Gasteiger partial charge in [0.1, 0.15) is 0 Å². The van der Waals surface area contributed by atoms with Crippen LogP contribution in [0.15, 0.2) is 18.2 Å². The summed E-state index contributed by atoms with van der Waals surface area (Å²) in [6, 6.07) is 5.64. The van der Waals surface area contributed by atoms with Gasteiger partial charge in [-0.3, -0.25) is 9.69 Å². The lowest BCUT2D eigenvalue weighted by Crippen LogP contribution is -2.46. The summed E-state index contributed by atoms with van der Waals surface area (Å²) in [4.78, 5) is 14.1. The first-order valence-electron chi connectivity index (χ1n) is 7.51. The predicted molar refractivity (Wildman–Crippen MR) is 85.1 cm³/mol. The summed E-state index contributed by atoms with van der Waals surface area (Å²) < 4.78 is 0. The van der Waals surface area contributed by atoms with Crippen LogP contribution in [0.2, 0.25) is 0 Å². The van der Waals surface area contributed by atoms with Gasteiger partial charge in [0.25, 0.3) is 0 Å². The van der Waals surface area contributed by atoms with Gasteiger partial charge in [-0.15, -0.1) is 0 Å². The van der Waals surface area contributed by atoms with Gasteiger partial charge in [0.15, 0.2) is 0 Å². The number of aliphatic hydroxyl groups excluding tert-OH is 1. The largest absolute Gasteiger partial charge is 0.397 e. The van der Waals surface area contributed by atoms with Crippen molar-refractivity contribution in [3.8, 4) is 0 Å². The van der Waals surface area contributed by atoms with Crippen LogP contribution in [0.1, 0.15) is 31.2 Å². The van der Waals surface area contributed by atoms with Crippen molar-refractivity contribution in [1.82, 2.24) is 4.90 Å². The van der Waals surface area contributed by atoms with Crippen molar-refractivity contribution in [3.63, 3.8) is 0 Å². The van der Waals surface area contributed by atoms with E-state index in [4.69, 9.17) is 5.73 Å². The molecule has 1 aromatic carbocycles. The number of nitrogen functional groups attached to an aromatic ring is 1. The molecule has 1 aliphatic carbocycles. The minimum atomic E-state index is -0.332. The van der Waals surface area contributed by atoms with Gasteiger partial charge < -0.3 is 16.2 Å². The van der Waals surface area contributed by atoms with Gasteiger partial charge in [-0.25, -0.2) is 0 Å². The van der Waals surface area contributed by atoms with Crippen LogP contribution in [-0.2, 0) is 4.79 Å². The lowest BCUT2D eigenvalue weighted by molar-refractivity contribution is -0.118. The summed E-state index contributed by atoms with van der Waals surface area (Å²) in [6.07, 6.45) is 3.61. The third-order valence-corrected chi connectivity index (χ3v) is 4.13. The van der Waals surface area contributed by atoms with Crippen LogP contribution < -0.4 is 11.1 Å². The van der Waals surface area contributed by atoms with Gasteiger partial charge in [-0.2, -0.15) is 0 Å². The van der Waals surface area contributed by atoms with Crippen molar-refractivity contribution in [2.75, 3.05) is 24.6 Å². The molecule has 0 aromatic heterocycles. The van der Waals surface area contributed by atoms with Gasteiger partial charge >= 0.3 is 0 Å². The molecule has 2 unspecified atom stereocenters. The Balaban J connectivity index is 1.91. The number of carbonyl (C=O) groups is 1. The third-order valence-electron chi connectivity index (χ3n) is 4.13. The highest BCUT2D eigenvalue weighted by atomic mass is 16.3. The average Bonchev–Trinajstić information content (AvgIpc) is 2.42. The molecule has 0 aliphatic heterocycles. The van der Waals surface area contributed by atoms with Crippen LogP contribution in [-0.4, -0.2) is 41.7 Å². The fourth-order valence-electron chi connectivity index (χ4n) is 2.94. The number of carbonyl (C=O) groups excluding carboxylic acids is 1. The minimum Gasteiger partial charge on any atom is -0.397 e. The van der Waals surface area contributed by atoms with E-state index in [2.05, 4.69) is 5.32 Å².